The zero-order valence-electron chi connectivity index (χ0n) is 11.3. The van der Waals surface area contributed by atoms with E-state index in [4.69, 9.17) is 4.74 Å². The first-order valence-electron chi connectivity index (χ1n) is 6.02. The summed E-state index contributed by atoms with van der Waals surface area (Å²) in [6.07, 6.45) is 4.26. The van der Waals surface area contributed by atoms with E-state index < -0.39 is 6.04 Å². The third kappa shape index (κ3) is 2.47. The van der Waals surface area contributed by atoms with Gasteiger partial charge in [0.25, 0.3) is 0 Å². The van der Waals surface area contributed by atoms with Gasteiger partial charge < -0.3 is 9.64 Å². The zero-order valence-corrected chi connectivity index (χ0v) is 11.3. The molecule has 0 spiro atoms. The molecule has 1 unspecified atom stereocenters. The molecule has 1 rings (SSSR count). The second kappa shape index (κ2) is 5.38. The summed E-state index contributed by atoms with van der Waals surface area (Å²) in [5.74, 6) is -0.604. The fourth-order valence-electron chi connectivity index (χ4n) is 2.66. The predicted octanol–water partition coefficient (Wildman–Crippen LogP) is 1.92. The largest absolute Gasteiger partial charge is 0.467 e. The van der Waals surface area contributed by atoms with Crippen molar-refractivity contribution < 1.29 is 14.3 Å². The van der Waals surface area contributed by atoms with E-state index in [0.29, 0.717) is 12.8 Å². The van der Waals surface area contributed by atoms with Gasteiger partial charge in [-0.2, -0.15) is 0 Å². The lowest BCUT2D eigenvalue weighted by Gasteiger charge is -2.32. The molecule has 1 saturated heterocycles. The highest BCUT2D eigenvalue weighted by Gasteiger charge is 2.50. The number of carbonyl (C=O) groups is 2. The van der Waals surface area contributed by atoms with E-state index in [0.717, 1.165) is 0 Å². The average Bonchev–Trinajstić information content (AvgIpc) is 2.60. The highest BCUT2D eigenvalue weighted by Crippen LogP contribution is 2.42. The lowest BCUT2D eigenvalue weighted by atomic mass is 9.82. The summed E-state index contributed by atoms with van der Waals surface area (Å²) in [5, 5.41) is 0. The Bertz CT molecular complexity index is 373. The maximum Gasteiger partial charge on any atom is 0.328 e. The molecular weight excluding hydrogens is 230 g/mol. The standard InChI is InChI=1S/C14H21NO3/c1-6-8-11-14(3,4)9-10(13(17)18-5)15(11)12(16)7-2/h6-7,10-11H,1-2,8-9H2,3-5H3/t10-,11?/m0/s1. The van der Waals surface area contributed by atoms with Gasteiger partial charge in [-0.1, -0.05) is 26.5 Å². The fourth-order valence-corrected chi connectivity index (χ4v) is 2.66. The topological polar surface area (TPSA) is 46.6 Å². The number of carbonyl (C=O) groups excluding carboxylic acids is 2. The molecule has 4 nitrogen and oxygen atoms in total. The molecular formula is C14H21NO3. The smallest absolute Gasteiger partial charge is 0.328 e. The van der Waals surface area contributed by atoms with Crippen molar-refractivity contribution in [1.29, 1.82) is 0 Å². The number of ether oxygens (including phenoxy) is 1. The van der Waals surface area contributed by atoms with E-state index in [1.54, 1.807) is 11.0 Å². The second-order valence-electron chi connectivity index (χ2n) is 5.22. The van der Waals surface area contributed by atoms with E-state index in [1.807, 2.05) is 13.8 Å². The van der Waals surface area contributed by atoms with Crippen LogP contribution in [-0.2, 0) is 14.3 Å². The van der Waals surface area contributed by atoms with Gasteiger partial charge in [0.05, 0.1) is 7.11 Å². The maximum atomic E-state index is 12.0. The van der Waals surface area contributed by atoms with Crippen LogP contribution in [0.25, 0.3) is 0 Å². The van der Waals surface area contributed by atoms with Crippen molar-refractivity contribution in [1.82, 2.24) is 4.90 Å². The molecule has 1 amide bonds. The molecule has 1 heterocycles. The van der Waals surface area contributed by atoms with Crippen LogP contribution in [0.4, 0.5) is 0 Å². The lowest BCUT2D eigenvalue weighted by molar-refractivity contribution is -0.150. The number of hydrogen-bond acceptors (Lipinski definition) is 3. The number of methoxy groups -OCH3 is 1. The zero-order chi connectivity index (χ0) is 13.9. The molecule has 0 aliphatic carbocycles. The van der Waals surface area contributed by atoms with E-state index in [1.165, 1.54) is 13.2 Å². The van der Waals surface area contributed by atoms with Crippen molar-refractivity contribution >= 4 is 11.9 Å². The highest BCUT2D eigenvalue weighted by atomic mass is 16.5. The van der Waals surface area contributed by atoms with Gasteiger partial charge in [0, 0.05) is 6.04 Å². The van der Waals surface area contributed by atoms with Crippen LogP contribution >= 0.6 is 0 Å². The Morgan fingerprint density at radius 2 is 2.06 bits per heavy atom. The molecule has 0 bridgehead atoms. The molecule has 0 radical (unpaired) electrons. The summed E-state index contributed by atoms with van der Waals surface area (Å²) in [6, 6.07) is -0.579. The van der Waals surface area contributed by atoms with Gasteiger partial charge >= 0.3 is 5.97 Å². The van der Waals surface area contributed by atoms with Crippen LogP contribution < -0.4 is 0 Å². The highest BCUT2D eigenvalue weighted by molar-refractivity contribution is 5.92. The summed E-state index contributed by atoms with van der Waals surface area (Å²) < 4.78 is 4.79. The van der Waals surface area contributed by atoms with Crippen molar-refractivity contribution in [2.75, 3.05) is 7.11 Å². The van der Waals surface area contributed by atoms with Crippen molar-refractivity contribution in [2.45, 2.75) is 38.8 Å². The molecule has 0 aromatic rings. The summed E-state index contributed by atoms with van der Waals surface area (Å²) >= 11 is 0. The Hall–Kier alpha value is -1.58. The molecule has 1 fully saturated rings. The van der Waals surface area contributed by atoms with Crippen molar-refractivity contribution in [3.63, 3.8) is 0 Å². The Balaban J connectivity index is 3.13. The summed E-state index contributed by atoms with van der Waals surface area (Å²) in [5.41, 5.74) is -0.147. The Morgan fingerprint density at radius 1 is 1.44 bits per heavy atom. The first-order valence-corrected chi connectivity index (χ1v) is 6.02. The van der Waals surface area contributed by atoms with Crippen molar-refractivity contribution in [3.8, 4) is 0 Å². The van der Waals surface area contributed by atoms with Crippen LogP contribution in [-0.4, -0.2) is 36.0 Å². The van der Waals surface area contributed by atoms with Crippen LogP contribution in [0, 0.1) is 5.41 Å². The number of amides is 1. The molecule has 0 aromatic carbocycles. The number of esters is 1. The Morgan fingerprint density at radius 3 is 2.50 bits per heavy atom. The van der Waals surface area contributed by atoms with E-state index >= 15 is 0 Å². The summed E-state index contributed by atoms with van der Waals surface area (Å²) in [4.78, 5) is 25.4. The van der Waals surface area contributed by atoms with Gasteiger partial charge in [0.1, 0.15) is 6.04 Å². The molecule has 4 heteroatoms. The number of nitrogens with zero attached hydrogens (tertiary/aromatic N) is 1. The third-order valence-electron chi connectivity index (χ3n) is 3.59. The second-order valence-corrected chi connectivity index (χ2v) is 5.22. The summed E-state index contributed by atoms with van der Waals surface area (Å²) in [7, 11) is 1.34. The van der Waals surface area contributed by atoms with Crippen LogP contribution in [0.5, 0.6) is 0 Å². The maximum absolute atomic E-state index is 12.0. The van der Waals surface area contributed by atoms with E-state index in [-0.39, 0.29) is 23.3 Å². The first-order chi connectivity index (χ1) is 8.38. The monoisotopic (exact) mass is 251 g/mol. The van der Waals surface area contributed by atoms with Gasteiger partial charge in [-0.05, 0) is 24.3 Å². The molecule has 0 aromatic heterocycles. The molecule has 0 N–H and O–H groups in total. The normalized spacial score (nSPS) is 25.6. The SMILES string of the molecule is C=CCC1N(C(=O)C=C)[C@H](C(=O)OC)CC1(C)C. The minimum atomic E-state index is -0.527. The third-order valence-corrected chi connectivity index (χ3v) is 3.59. The Kier molecular flexibility index (Phi) is 4.33. The average molecular weight is 251 g/mol. The van der Waals surface area contributed by atoms with Crippen LogP contribution in [0.3, 0.4) is 0 Å². The molecule has 1 aliphatic rings. The predicted molar refractivity (Wildman–Crippen MR) is 69.8 cm³/mol. The van der Waals surface area contributed by atoms with Crippen LogP contribution in [0.1, 0.15) is 26.7 Å². The van der Waals surface area contributed by atoms with Gasteiger partial charge in [0.15, 0.2) is 0 Å². The number of hydrogen-bond donors (Lipinski definition) is 0. The number of likely N-dealkylation sites (tertiary alicyclic amines) is 1. The van der Waals surface area contributed by atoms with E-state index in [9.17, 15) is 9.59 Å². The van der Waals surface area contributed by atoms with Gasteiger partial charge in [-0.15, -0.1) is 6.58 Å². The van der Waals surface area contributed by atoms with Gasteiger partial charge in [-0.25, -0.2) is 4.79 Å². The van der Waals surface area contributed by atoms with Crippen LogP contribution in [0.2, 0.25) is 0 Å². The molecule has 0 saturated carbocycles. The Labute approximate surface area is 108 Å². The first kappa shape index (κ1) is 14.5. The quantitative estimate of drug-likeness (QED) is 0.435. The van der Waals surface area contributed by atoms with Gasteiger partial charge in [-0.3, -0.25) is 4.79 Å². The molecule has 18 heavy (non-hydrogen) atoms. The fraction of sp³-hybridized carbons (Fsp3) is 0.571. The number of rotatable bonds is 4. The summed E-state index contributed by atoms with van der Waals surface area (Å²) in [6.45, 7) is 11.3. The molecule has 1 aliphatic heterocycles. The van der Waals surface area contributed by atoms with Gasteiger partial charge in [0.2, 0.25) is 5.91 Å². The minimum absolute atomic E-state index is 0.0513. The van der Waals surface area contributed by atoms with E-state index in [2.05, 4.69) is 13.2 Å². The minimum Gasteiger partial charge on any atom is -0.467 e. The van der Waals surface area contributed by atoms with Crippen molar-refractivity contribution in [3.05, 3.63) is 25.3 Å². The molecule has 2 atom stereocenters. The molecule has 100 valence electrons. The van der Waals surface area contributed by atoms with Crippen LogP contribution in [0.15, 0.2) is 25.3 Å². The lowest BCUT2D eigenvalue weighted by Crippen LogP contribution is -2.46. The van der Waals surface area contributed by atoms with Crippen molar-refractivity contribution in [2.24, 2.45) is 5.41 Å².